The molecule has 1 saturated heterocycles. The lowest BCUT2D eigenvalue weighted by Gasteiger charge is -2.29. The number of benzene rings is 2. The molecular formula is C17H12N2O2. The van der Waals surface area contributed by atoms with Crippen LogP contribution in [0, 0.1) is 17.2 Å². The second-order valence-electron chi connectivity index (χ2n) is 4.92. The van der Waals surface area contributed by atoms with Gasteiger partial charge in [-0.1, -0.05) is 60.7 Å². The van der Waals surface area contributed by atoms with Gasteiger partial charge in [0.15, 0.2) is 0 Å². The number of nitriles is 1. The van der Waals surface area contributed by atoms with Gasteiger partial charge in [0.1, 0.15) is 11.3 Å². The fraction of sp³-hybridized carbons (Fsp3) is 0.118. The Labute approximate surface area is 122 Å². The topological polar surface area (TPSA) is 70.0 Å². The van der Waals surface area contributed by atoms with Crippen LogP contribution in [0.15, 0.2) is 60.7 Å². The standard InChI is InChI=1S/C17H12N2O2/c18-11-14-15(20)19-16(21)17(14,12-7-3-1-4-8-12)13-9-5-2-6-10-13/h1-10,14H,(H,19,20,21). The summed E-state index contributed by atoms with van der Waals surface area (Å²) in [6.45, 7) is 0. The second-order valence-corrected chi connectivity index (χ2v) is 4.92. The van der Waals surface area contributed by atoms with Crippen molar-refractivity contribution in [3.8, 4) is 6.07 Å². The molecule has 1 fully saturated rings. The van der Waals surface area contributed by atoms with E-state index in [2.05, 4.69) is 5.32 Å². The largest absolute Gasteiger partial charge is 0.294 e. The molecule has 2 aromatic rings. The predicted molar refractivity (Wildman–Crippen MR) is 75.9 cm³/mol. The molecule has 0 bridgehead atoms. The van der Waals surface area contributed by atoms with Crippen molar-refractivity contribution in [3.05, 3.63) is 71.8 Å². The summed E-state index contributed by atoms with van der Waals surface area (Å²) in [6, 6.07) is 19.9. The first kappa shape index (κ1) is 13.1. The van der Waals surface area contributed by atoms with E-state index in [1.807, 2.05) is 18.2 Å². The summed E-state index contributed by atoms with van der Waals surface area (Å²) < 4.78 is 0. The van der Waals surface area contributed by atoms with Gasteiger partial charge in [-0.05, 0) is 11.1 Å². The Balaban J connectivity index is 2.34. The van der Waals surface area contributed by atoms with Crippen LogP contribution in [0.4, 0.5) is 0 Å². The molecule has 21 heavy (non-hydrogen) atoms. The van der Waals surface area contributed by atoms with Gasteiger partial charge in [0, 0.05) is 0 Å². The molecule has 0 radical (unpaired) electrons. The van der Waals surface area contributed by atoms with Crippen LogP contribution in [0.5, 0.6) is 0 Å². The number of rotatable bonds is 2. The van der Waals surface area contributed by atoms with Crippen LogP contribution in [0.2, 0.25) is 0 Å². The molecule has 1 heterocycles. The van der Waals surface area contributed by atoms with Crippen molar-refractivity contribution in [2.75, 3.05) is 0 Å². The Hall–Kier alpha value is -2.93. The highest BCUT2D eigenvalue weighted by Gasteiger charge is 2.57. The van der Waals surface area contributed by atoms with E-state index in [0.717, 1.165) is 0 Å². The summed E-state index contributed by atoms with van der Waals surface area (Å²) >= 11 is 0. The highest BCUT2D eigenvalue weighted by molar-refractivity contribution is 6.13. The first-order valence-electron chi connectivity index (χ1n) is 6.57. The maximum atomic E-state index is 12.6. The van der Waals surface area contributed by atoms with Crippen molar-refractivity contribution in [1.29, 1.82) is 5.26 Å². The van der Waals surface area contributed by atoms with Gasteiger partial charge in [0.25, 0.3) is 0 Å². The van der Waals surface area contributed by atoms with Gasteiger partial charge in [-0.2, -0.15) is 5.26 Å². The highest BCUT2D eigenvalue weighted by Crippen LogP contribution is 2.42. The monoisotopic (exact) mass is 276 g/mol. The van der Waals surface area contributed by atoms with E-state index in [4.69, 9.17) is 0 Å². The molecule has 2 amide bonds. The summed E-state index contributed by atoms with van der Waals surface area (Å²) in [6.07, 6.45) is 0. The smallest absolute Gasteiger partial charge is 0.245 e. The lowest BCUT2D eigenvalue weighted by Crippen LogP contribution is -2.40. The van der Waals surface area contributed by atoms with Crippen LogP contribution >= 0.6 is 0 Å². The molecule has 1 aliphatic rings. The molecule has 2 aromatic carbocycles. The van der Waals surface area contributed by atoms with E-state index in [-0.39, 0.29) is 0 Å². The third-order valence-corrected chi connectivity index (χ3v) is 3.88. The molecular weight excluding hydrogens is 264 g/mol. The quantitative estimate of drug-likeness (QED) is 0.850. The van der Waals surface area contributed by atoms with Crippen LogP contribution in [-0.4, -0.2) is 11.8 Å². The van der Waals surface area contributed by atoms with Gasteiger partial charge < -0.3 is 0 Å². The van der Waals surface area contributed by atoms with Crippen LogP contribution in [0.1, 0.15) is 11.1 Å². The maximum Gasteiger partial charge on any atom is 0.245 e. The number of nitrogens with zero attached hydrogens (tertiary/aromatic N) is 1. The van der Waals surface area contributed by atoms with Gasteiger partial charge in [0.05, 0.1) is 6.07 Å². The Morgan fingerprint density at radius 1 is 0.905 bits per heavy atom. The Morgan fingerprint density at radius 2 is 1.38 bits per heavy atom. The van der Waals surface area contributed by atoms with Gasteiger partial charge in [-0.25, -0.2) is 0 Å². The highest BCUT2D eigenvalue weighted by atomic mass is 16.2. The Kier molecular flexibility index (Phi) is 3.03. The van der Waals surface area contributed by atoms with Crippen molar-refractivity contribution in [2.45, 2.75) is 5.41 Å². The van der Waals surface area contributed by atoms with E-state index >= 15 is 0 Å². The summed E-state index contributed by atoms with van der Waals surface area (Å²) in [5.74, 6) is -2.07. The number of amides is 2. The molecule has 4 heteroatoms. The molecule has 0 saturated carbocycles. The van der Waals surface area contributed by atoms with Gasteiger partial charge in [-0.15, -0.1) is 0 Å². The molecule has 4 nitrogen and oxygen atoms in total. The Morgan fingerprint density at radius 3 is 1.81 bits per heavy atom. The van der Waals surface area contributed by atoms with Crippen LogP contribution in [-0.2, 0) is 15.0 Å². The van der Waals surface area contributed by atoms with Gasteiger partial charge in [-0.3, -0.25) is 14.9 Å². The normalized spacial score (nSPS) is 19.9. The summed E-state index contributed by atoms with van der Waals surface area (Å²) in [5, 5.41) is 11.8. The van der Waals surface area contributed by atoms with Gasteiger partial charge >= 0.3 is 0 Å². The zero-order chi connectivity index (χ0) is 14.9. The second kappa shape index (κ2) is 4.88. The lowest BCUT2D eigenvalue weighted by atomic mass is 9.67. The van der Waals surface area contributed by atoms with Crippen molar-refractivity contribution < 1.29 is 9.59 Å². The average molecular weight is 276 g/mol. The fourth-order valence-corrected chi connectivity index (χ4v) is 2.93. The predicted octanol–water partition coefficient (Wildman–Crippen LogP) is 1.77. The summed E-state index contributed by atoms with van der Waals surface area (Å²) in [7, 11) is 0. The third-order valence-electron chi connectivity index (χ3n) is 3.88. The van der Waals surface area contributed by atoms with Crippen LogP contribution in [0.3, 0.4) is 0 Å². The molecule has 0 aromatic heterocycles. The number of hydrogen-bond acceptors (Lipinski definition) is 3. The molecule has 1 unspecified atom stereocenters. The molecule has 0 spiro atoms. The lowest BCUT2D eigenvalue weighted by molar-refractivity contribution is -0.126. The molecule has 1 atom stereocenters. The molecule has 1 N–H and O–H groups in total. The zero-order valence-corrected chi connectivity index (χ0v) is 11.1. The third kappa shape index (κ3) is 1.75. The number of imide groups is 1. The molecule has 3 rings (SSSR count). The summed E-state index contributed by atoms with van der Waals surface area (Å²) in [4.78, 5) is 24.6. The van der Waals surface area contributed by atoms with E-state index in [9.17, 15) is 14.9 Å². The van der Waals surface area contributed by atoms with E-state index in [1.54, 1.807) is 48.5 Å². The minimum absolute atomic E-state index is 0.448. The number of hydrogen-bond donors (Lipinski definition) is 1. The van der Waals surface area contributed by atoms with E-state index in [1.165, 1.54) is 0 Å². The van der Waals surface area contributed by atoms with Crippen molar-refractivity contribution in [2.24, 2.45) is 5.92 Å². The molecule has 102 valence electrons. The number of nitrogens with one attached hydrogen (secondary N) is 1. The number of carbonyl (C=O) groups is 2. The number of carbonyl (C=O) groups excluding carboxylic acids is 2. The van der Waals surface area contributed by atoms with E-state index < -0.39 is 23.1 Å². The van der Waals surface area contributed by atoms with Crippen molar-refractivity contribution >= 4 is 11.8 Å². The van der Waals surface area contributed by atoms with Crippen molar-refractivity contribution in [1.82, 2.24) is 5.32 Å². The SMILES string of the molecule is N#CC1C(=O)NC(=O)C1(c1ccccc1)c1ccccc1. The van der Waals surface area contributed by atoms with Crippen LogP contribution in [0.25, 0.3) is 0 Å². The first-order valence-corrected chi connectivity index (χ1v) is 6.57. The van der Waals surface area contributed by atoms with Crippen LogP contribution < -0.4 is 5.32 Å². The average Bonchev–Trinajstić information content (AvgIpc) is 2.79. The van der Waals surface area contributed by atoms with Crippen molar-refractivity contribution in [3.63, 3.8) is 0 Å². The minimum atomic E-state index is -1.28. The first-order chi connectivity index (χ1) is 10.2. The van der Waals surface area contributed by atoms with E-state index in [0.29, 0.717) is 11.1 Å². The maximum absolute atomic E-state index is 12.6. The zero-order valence-electron chi connectivity index (χ0n) is 11.1. The minimum Gasteiger partial charge on any atom is -0.294 e. The Bertz CT molecular complexity index is 693. The molecule has 0 aliphatic carbocycles. The fourth-order valence-electron chi connectivity index (χ4n) is 2.93. The summed E-state index contributed by atoms with van der Waals surface area (Å²) in [5.41, 5.74) is 0.00569. The molecule has 1 aliphatic heterocycles. The van der Waals surface area contributed by atoms with Gasteiger partial charge in [0.2, 0.25) is 11.8 Å².